The van der Waals surface area contributed by atoms with Crippen LogP contribution < -0.4 is 27.0 Å². The monoisotopic (exact) mass is 471 g/mol. The summed E-state index contributed by atoms with van der Waals surface area (Å²) in [5, 5.41) is 28.4. The fraction of sp³-hybridized carbons (Fsp3) is 0.700. The van der Waals surface area contributed by atoms with Crippen LogP contribution in [0.3, 0.4) is 0 Å². The van der Waals surface area contributed by atoms with Crippen molar-refractivity contribution in [2.45, 2.75) is 76.5 Å². The van der Waals surface area contributed by atoms with Gasteiger partial charge in [-0.3, -0.25) is 24.0 Å². The van der Waals surface area contributed by atoms with E-state index in [1.54, 1.807) is 13.8 Å². The van der Waals surface area contributed by atoms with Crippen LogP contribution in [0.5, 0.6) is 0 Å². The number of carboxylic acids is 2. The molecule has 1 aliphatic rings. The molecular formula is C20H33N5O8. The van der Waals surface area contributed by atoms with E-state index in [0.717, 1.165) is 6.42 Å². The van der Waals surface area contributed by atoms with E-state index in [1.807, 2.05) is 0 Å². The number of primary amides is 1. The van der Waals surface area contributed by atoms with Gasteiger partial charge in [-0.25, -0.2) is 4.79 Å². The number of hydrogen-bond donors (Lipinski definition) is 7. The fourth-order valence-electron chi connectivity index (χ4n) is 3.37. The summed E-state index contributed by atoms with van der Waals surface area (Å²) in [5.41, 5.74) is 5.02. The molecule has 0 saturated carbocycles. The van der Waals surface area contributed by atoms with Crippen LogP contribution in [-0.2, 0) is 28.8 Å². The number of carbonyl (C=O) groups excluding carboxylic acids is 4. The maximum Gasteiger partial charge on any atom is 0.326 e. The van der Waals surface area contributed by atoms with Crippen LogP contribution in [0.1, 0.15) is 52.4 Å². The summed E-state index contributed by atoms with van der Waals surface area (Å²) in [7, 11) is 0. The van der Waals surface area contributed by atoms with E-state index in [9.17, 15) is 33.9 Å². The van der Waals surface area contributed by atoms with Gasteiger partial charge in [-0.2, -0.15) is 0 Å². The van der Waals surface area contributed by atoms with Gasteiger partial charge in [0.05, 0.1) is 12.5 Å². The van der Waals surface area contributed by atoms with Crippen molar-refractivity contribution in [2.75, 3.05) is 6.54 Å². The van der Waals surface area contributed by atoms with Crippen molar-refractivity contribution < 1.29 is 39.0 Å². The Kier molecular flexibility index (Phi) is 11.3. The zero-order valence-corrected chi connectivity index (χ0v) is 18.8. The first-order chi connectivity index (χ1) is 15.4. The van der Waals surface area contributed by atoms with Gasteiger partial charge in [0, 0.05) is 6.42 Å². The molecule has 13 heteroatoms. The Morgan fingerprint density at radius 2 is 1.58 bits per heavy atom. The van der Waals surface area contributed by atoms with Crippen LogP contribution in [0.15, 0.2) is 0 Å². The molecule has 8 N–H and O–H groups in total. The van der Waals surface area contributed by atoms with E-state index in [1.165, 1.54) is 0 Å². The minimum atomic E-state index is -1.57. The van der Waals surface area contributed by atoms with Gasteiger partial charge in [-0.05, 0) is 38.1 Å². The largest absolute Gasteiger partial charge is 0.481 e. The first-order valence-corrected chi connectivity index (χ1v) is 10.8. The van der Waals surface area contributed by atoms with Gasteiger partial charge in [-0.15, -0.1) is 0 Å². The summed E-state index contributed by atoms with van der Waals surface area (Å²) >= 11 is 0. The van der Waals surface area contributed by atoms with Crippen molar-refractivity contribution in [3.63, 3.8) is 0 Å². The van der Waals surface area contributed by atoms with E-state index in [-0.39, 0.29) is 18.8 Å². The summed E-state index contributed by atoms with van der Waals surface area (Å²) < 4.78 is 0. The van der Waals surface area contributed by atoms with E-state index < -0.39 is 72.6 Å². The standard InChI is InChI=1S/C20H33N5O8/c1-10(2)8-13(19(31)25-14(20(32)33)9-15(21)26)24-18(30)12(5-6-16(27)28)23-17(29)11-4-3-7-22-11/h10-14,22H,3-9H2,1-2H3,(H2,21,26)(H,23,29)(H,24,30)(H,25,31)(H,27,28)(H,32,33). The molecule has 1 aliphatic heterocycles. The van der Waals surface area contributed by atoms with Crippen LogP contribution in [0.2, 0.25) is 0 Å². The maximum atomic E-state index is 12.9. The smallest absolute Gasteiger partial charge is 0.326 e. The molecule has 0 aliphatic carbocycles. The average Bonchev–Trinajstić information content (AvgIpc) is 3.23. The number of nitrogens with two attached hydrogens (primary N) is 1. The highest BCUT2D eigenvalue weighted by molar-refractivity contribution is 5.95. The number of carbonyl (C=O) groups is 6. The third-order valence-corrected chi connectivity index (χ3v) is 5.02. The lowest BCUT2D eigenvalue weighted by Crippen LogP contribution is -2.57. The molecule has 33 heavy (non-hydrogen) atoms. The summed E-state index contributed by atoms with van der Waals surface area (Å²) in [4.78, 5) is 71.4. The van der Waals surface area contributed by atoms with Gasteiger partial charge in [-0.1, -0.05) is 13.8 Å². The molecule has 1 fully saturated rings. The topological polar surface area (TPSA) is 217 Å². The summed E-state index contributed by atoms with van der Waals surface area (Å²) in [6.45, 7) is 4.21. The number of aliphatic carboxylic acids is 2. The lowest BCUT2D eigenvalue weighted by atomic mass is 10.0. The third-order valence-electron chi connectivity index (χ3n) is 5.02. The lowest BCUT2D eigenvalue weighted by molar-refractivity contribution is -0.144. The molecule has 186 valence electrons. The Labute approximate surface area is 191 Å². The number of hydrogen-bond acceptors (Lipinski definition) is 7. The Hall–Kier alpha value is -3.22. The zero-order valence-electron chi connectivity index (χ0n) is 18.8. The number of amides is 4. The lowest BCUT2D eigenvalue weighted by Gasteiger charge is -2.25. The first-order valence-electron chi connectivity index (χ1n) is 10.8. The molecule has 0 aromatic rings. The molecule has 4 unspecified atom stereocenters. The predicted molar refractivity (Wildman–Crippen MR) is 115 cm³/mol. The molecule has 1 rings (SSSR count). The van der Waals surface area contributed by atoms with Gasteiger partial charge in [0.2, 0.25) is 23.6 Å². The molecule has 0 bridgehead atoms. The van der Waals surface area contributed by atoms with Crippen molar-refractivity contribution in [3.05, 3.63) is 0 Å². The second-order valence-electron chi connectivity index (χ2n) is 8.40. The van der Waals surface area contributed by atoms with Gasteiger partial charge in [0.25, 0.3) is 0 Å². The molecule has 4 atom stereocenters. The average molecular weight is 472 g/mol. The van der Waals surface area contributed by atoms with Crippen LogP contribution in [-0.4, -0.2) is 76.5 Å². The Morgan fingerprint density at radius 1 is 0.970 bits per heavy atom. The highest BCUT2D eigenvalue weighted by Crippen LogP contribution is 2.10. The molecule has 13 nitrogen and oxygen atoms in total. The number of carboxylic acid groups (broad SMARTS) is 2. The summed E-state index contributed by atoms with van der Waals surface area (Å²) in [6.07, 6.45) is 0.274. The molecule has 1 heterocycles. The van der Waals surface area contributed by atoms with Crippen molar-refractivity contribution in [2.24, 2.45) is 11.7 Å². The van der Waals surface area contributed by atoms with E-state index in [4.69, 9.17) is 10.8 Å². The molecular weight excluding hydrogens is 438 g/mol. The van der Waals surface area contributed by atoms with Crippen molar-refractivity contribution in [1.29, 1.82) is 0 Å². The van der Waals surface area contributed by atoms with Crippen LogP contribution >= 0.6 is 0 Å². The minimum Gasteiger partial charge on any atom is -0.481 e. The van der Waals surface area contributed by atoms with Crippen LogP contribution in [0, 0.1) is 5.92 Å². The van der Waals surface area contributed by atoms with Crippen LogP contribution in [0.25, 0.3) is 0 Å². The number of nitrogens with one attached hydrogen (secondary N) is 4. The van der Waals surface area contributed by atoms with Crippen molar-refractivity contribution in [3.8, 4) is 0 Å². The van der Waals surface area contributed by atoms with Gasteiger partial charge in [0.15, 0.2) is 0 Å². The second-order valence-corrected chi connectivity index (χ2v) is 8.40. The molecule has 4 amide bonds. The van der Waals surface area contributed by atoms with E-state index >= 15 is 0 Å². The van der Waals surface area contributed by atoms with Gasteiger partial charge in [0.1, 0.15) is 18.1 Å². The Balaban J connectivity index is 2.95. The van der Waals surface area contributed by atoms with Gasteiger partial charge < -0.3 is 37.2 Å². The van der Waals surface area contributed by atoms with E-state index in [0.29, 0.717) is 13.0 Å². The highest BCUT2D eigenvalue weighted by Gasteiger charge is 2.32. The van der Waals surface area contributed by atoms with Gasteiger partial charge >= 0.3 is 11.9 Å². The van der Waals surface area contributed by atoms with Crippen molar-refractivity contribution >= 4 is 35.6 Å². The molecule has 0 spiro atoms. The van der Waals surface area contributed by atoms with E-state index in [2.05, 4.69) is 21.3 Å². The third kappa shape index (κ3) is 10.3. The molecule has 0 aromatic heterocycles. The SMILES string of the molecule is CC(C)CC(NC(=O)C(CCC(=O)O)NC(=O)C1CCCN1)C(=O)NC(CC(N)=O)C(=O)O. The highest BCUT2D eigenvalue weighted by atomic mass is 16.4. The van der Waals surface area contributed by atoms with Crippen LogP contribution in [0.4, 0.5) is 0 Å². The summed E-state index contributed by atoms with van der Waals surface area (Å²) in [5.74, 6) is -5.70. The Bertz CT molecular complexity index is 751. The molecule has 1 saturated heterocycles. The van der Waals surface area contributed by atoms with Crippen molar-refractivity contribution in [1.82, 2.24) is 21.3 Å². The Morgan fingerprint density at radius 3 is 2.06 bits per heavy atom. The molecule has 0 radical (unpaired) electrons. The second kappa shape index (κ2) is 13.4. The zero-order chi connectivity index (χ0) is 25.1. The normalized spacial score (nSPS) is 18.1. The first kappa shape index (κ1) is 27.8. The summed E-state index contributed by atoms with van der Waals surface area (Å²) in [6, 6.07) is -4.46. The predicted octanol–water partition coefficient (Wildman–Crippen LogP) is -1.94. The number of rotatable bonds is 14. The fourth-order valence-corrected chi connectivity index (χ4v) is 3.37. The molecule has 0 aromatic carbocycles. The quantitative estimate of drug-likeness (QED) is 0.150. The maximum absolute atomic E-state index is 12.9. The minimum absolute atomic E-state index is 0.0878.